The van der Waals surface area contributed by atoms with Gasteiger partial charge in [-0.25, -0.2) is 0 Å². The van der Waals surface area contributed by atoms with E-state index in [1.807, 2.05) is 13.8 Å². The molecular weight excluding hydrogens is 282 g/mol. The molecule has 1 heterocycles. The minimum atomic E-state index is -3.73. The van der Waals surface area contributed by atoms with E-state index in [2.05, 4.69) is 10.2 Å². The third-order valence-electron chi connectivity index (χ3n) is 4.60. The first kappa shape index (κ1) is 16.6. The molecule has 5 nitrogen and oxygen atoms in total. The van der Waals surface area contributed by atoms with Crippen LogP contribution in [0, 0.1) is 0 Å². The highest BCUT2D eigenvalue weighted by Crippen LogP contribution is 2.44. The zero-order chi connectivity index (χ0) is 15.7. The quantitative estimate of drug-likeness (QED) is 0.787. The number of amides is 1. The maximum absolute atomic E-state index is 14.0. The second kappa shape index (κ2) is 5.78. The molecule has 7 heteroatoms. The van der Waals surface area contributed by atoms with Crippen LogP contribution < -0.4 is 5.32 Å². The number of ether oxygens (including phenoxy) is 1. The van der Waals surface area contributed by atoms with Crippen LogP contribution in [0.4, 0.5) is 8.78 Å². The molecule has 2 N–H and O–H groups in total. The summed E-state index contributed by atoms with van der Waals surface area (Å²) in [7, 11) is 0. The molecule has 2 fully saturated rings. The lowest BCUT2D eigenvalue weighted by molar-refractivity contribution is -0.216. The molecule has 2 aliphatic rings. The van der Waals surface area contributed by atoms with Gasteiger partial charge in [0.25, 0.3) is 5.91 Å². The van der Waals surface area contributed by atoms with Gasteiger partial charge in [0.2, 0.25) is 0 Å². The first-order valence-corrected chi connectivity index (χ1v) is 7.40. The molecule has 0 aromatic carbocycles. The summed E-state index contributed by atoms with van der Waals surface area (Å²) in [5.41, 5.74) is -2.60. The molecule has 1 aliphatic carbocycles. The second-order valence-electron chi connectivity index (χ2n) is 6.55. The number of nitrogens with zero attached hydrogens (tertiary/aromatic N) is 1. The number of nitrogens with one attached hydrogen (secondary N) is 1. The Hall–Kier alpha value is -0.790. The molecule has 0 radical (unpaired) electrons. The van der Waals surface area contributed by atoms with Crippen molar-refractivity contribution in [1.82, 2.24) is 10.2 Å². The molecule has 0 bridgehead atoms. The van der Waals surface area contributed by atoms with Crippen LogP contribution >= 0.6 is 0 Å². The monoisotopic (exact) mass is 306 g/mol. The first-order chi connectivity index (χ1) is 9.69. The van der Waals surface area contributed by atoms with Crippen molar-refractivity contribution in [2.24, 2.45) is 0 Å². The Labute approximate surface area is 123 Å². The minimum Gasteiger partial charge on any atom is -0.383 e. The number of hydrogen-bond donors (Lipinski definition) is 2. The van der Waals surface area contributed by atoms with Crippen LogP contribution in [0.15, 0.2) is 0 Å². The van der Waals surface area contributed by atoms with Gasteiger partial charge in [0.15, 0.2) is 0 Å². The third kappa shape index (κ3) is 3.19. The number of alkyl halides is 2. The number of aliphatic hydroxyl groups is 1. The number of hydrogen-bond acceptors (Lipinski definition) is 4. The molecule has 1 aliphatic heterocycles. The molecule has 2 rings (SSSR count). The molecule has 0 atom stereocenters. The summed E-state index contributed by atoms with van der Waals surface area (Å²) in [5.74, 6) is -5.11. The fourth-order valence-corrected chi connectivity index (χ4v) is 2.73. The third-order valence-corrected chi connectivity index (χ3v) is 4.60. The van der Waals surface area contributed by atoms with Crippen molar-refractivity contribution in [3.8, 4) is 0 Å². The van der Waals surface area contributed by atoms with E-state index >= 15 is 0 Å². The summed E-state index contributed by atoms with van der Waals surface area (Å²) >= 11 is 0. The topological polar surface area (TPSA) is 61.8 Å². The average molecular weight is 306 g/mol. The Kier molecular flexibility index (Phi) is 4.56. The molecule has 1 saturated carbocycles. The van der Waals surface area contributed by atoms with Gasteiger partial charge in [0, 0.05) is 25.2 Å². The predicted molar refractivity (Wildman–Crippen MR) is 73.2 cm³/mol. The van der Waals surface area contributed by atoms with E-state index in [0.717, 1.165) is 0 Å². The summed E-state index contributed by atoms with van der Waals surface area (Å²) < 4.78 is 33.2. The van der Waals surface area contributed by atoms with Gasteiger partial charge in [-0.3, -0.25) is 9.69 Å². The molecule has 21 heavy (non-hydrogen) atoms. The summed E-state index contributed by atoms with van der Waals surface area (Å²) in [6.45, 7) is 6.54. The van der Waals surface area contributed by atoms with E-state index in [0.29, 0.717) is 32.7 Å². The number of halogens is 2. The standard InChI is InChI=1S/C14H24F2N2O3/c1-12(2,18-6-8-21-9-7-18)10-17-11(19)14(15,16)13(20)4-3-5-13/h20H,3-10H2,1-2H3,(H,17,19). The smallest absolute Gasteiger partial charge is 0.352 e. The normalized spacial score (nSPS) is 23.5. The van der Waals surface area contributed by atoms with E-state index in [1.165, 1.54) is 0 Å². The summed E-state index contributed by atoms with van der Waals surface area (Å²) in [4.78, 5) is 13.9. The van der Waals surface area contributed by atoms with Crippen molar-refractivity contribution in [2.45, 2.75) is 50.2 Å². The van der Waals surface area contributed by atoms with Crippen molar-refractivity contribution < 1.29 is 23.4 Å². The van der Waals surface area contributed by atoms with Gasteiger partial charge in [-0.2, -0.15) is 8.78 Å². The Morgan fingerprint density at radius 1 is 1.33 bits per heavy atom. The Morgan fingerprint density at radius 2 is 1.90 bits per heavy atom. The molecule has 1 amide bonds. The number of carbonyl (C=O) groups excluding carboxylic acids is 1. The number of morpholine rings is 1. The van der Waals surface area contributed by atoms with Crippen molar-refractivity contribution in [2.75, 3.05) is 32.8 Å². The summed E-state index contributed by atoms with van der Waals surface area (Å²) in [6.07, 6.45) is 0.471. The lowest BCUT2D eigenvalue weighted by atomic mass is 9.75. The van der Waals surface area contributed by atoms with Gasteiger partial charge in [0.05, 0.1) is 13.2 Å². The fourth-order valence-electron chi connectivity index (χ4n) is 2.73. The van der Waals surface area contributed by atoms with Crippen molar-refractivity contribution in [3.63, 3.8) is 0 Å². The highest BCUT2D eigenvalue weighted by atomic mass is 19.3. The van der Waals surface area contributed by atoms with Crippen LogP contribution in [0.1, 0.15) is 33.1 Å². The van der Waals surface area contributed by atoms with Crippen LogP contribution in [0.2, 0.25) is 0 Å². The molecular formula is C14H24F2N2O3. The molecule has 0 spiro atoms. The Balaban J connectivity index is 1.90. The molecule has 0 unspecified atom stereocenters. The van der Waals surface area contributed by atoms with E-state index in [-0.39, 0.29) is 19.4 Å². The van der Waals surface area contributed by atoms with Crippen molar-refractivity contribution >= 4 is 5.91 Å². The second-order valence-corrected chi connectivity index (χ2v) is 6.55. The van der Waals surface area contributed by atoms with E-state index in [1.54, 1.807) is 0 Å². The molecule has 0 aromatic heterocycles. The maximum atomic E-state index is 14.0. The molecule has 1 saturated heterocycles. The summed E-state index contributed by atoms with van der Waals surface area (Å²) in [6, 6.07) is 0. The maximum Gasteiger partial charge on any atom is 0.352 e. The zero-order valence-corrected chi connectivity index (χ0v) is 12.6. The fraction of sp³-hybridized carbons (Fsp3) is 0.929. The van der Waals surface area contributed by atoms with Gasteiger partial charge in [0.1, 0.15) is 5.60 Å². The van der Waals surface area contributed by atoms with E-state index in [4.69, 9.17) is 4.74 Å². The zero-order valence-electron chi connectivity index (χ0n) is 12.6. The lowest BCUT2D eigenvalue weighted by Crippen LogP contribution is -2.63. The van der Waals surface area contributed by atoms with Crippen molar-refractivity contribution in [1.29, 1.82) is 0 Å². The Bertz CT molecular complexity index is 392. The number of carbonyl (C=O) groups is 1. The van der Waals surface area contributed by atoms with Crippen LogP contribution in [0.3, 0.4) is 0 Å². The first-order valence-electron chi connectivity index (χ1n) is 7.40. The van der Waals surface area contributed by atoms with E-state index in [9.17, 15) is 18.7 Å². The van der Waals surface area contributed by atoms with Crippen LogP contribution in [0.25, 0.3) is 0 Å². The minimum absolute atomic E-state index is 0.0275. The highest BCUT2D eigenvalue weighted by molar-refractivity contribution is 5.85. The van der Waals surface area contributed by atoms with Crippen LogP contribution in [0.5, 0.6) is 0 Å². The van der Waals surface area contributed by atoms with Gasteiger partial charge >= 0.3 is 5.92 Å². The van der Waals surface area contributed by atoms with Gasteiger partial charge < -0.3 is 15.2 Å². The van der Waals surface area contributed by atoms with E-state index < -0.39 is 23.0 Å². The summed E-state index contributed by atoms with van der Waals surface area (Å²) in [5, 5.41) is 12.1. The average Bonchev–Trinajstić information content (AvgIpc) is 2.43. The highest BCUT2D eigenvalue weighted by Gasteiger charge is 2.61. The molecule has 122 valence electrons. The van der Waals surface area contributed by atoms with Crippen molar-refractivity contribution in [3.05, 3.63) is 0 Å². The SMILES string of the molecule is CC(C)(CNC(=O)C(F)(F)C1(O)CCC1)N1CCOCC1. The van der Waals surface area contributed by atoms with Gasteiger partial charge in [-0.1, -0.05) is 0 Å². The predicted octanol–water partition coefficient (Wildman–Crippen LogP) is 0.764. The van der Waals surface area contributed by atoms with Crippen LogP contribution in [-0.4, -0.2) is 65.8 Å². The van der Waals surface area contributed by atoms with Gasteiger partial charge in [-0.05, 0) is 33.1 Å². The largest absolute Gasteiger partial charge is 0.383 e. The van der Waals surface area contributed by atoms with Gasteiger partial charge in [-0.15, -0.1) is 0 Å². The lowest BCUT2D eigenvalue weighted by Gasteiger charge is -2.43. The molecule has 0 aromatic rings. The Morgan fingerprint density at radius 3 is 2.38 bits per heavy atom. The van der Waals surface area contributed by atoms with Crippen LogP contribution in [-0.2, 0) is 9.53 Å². The number of rotatable bonds is 5.